The molecule has 0 unspecified atom stereocenters. The summed E-state index contributed by atoms with van der Waals surface area (Å²) in [7, 11) is 0. The summed E-state index contributed by atoms with van der Waals surface area (Å²) in [6.45, 7) is 0.374. The van der Waals surface area contributed by atoms with Gasteiger partial charge in [0, 0.05) is 36.7 Å². The van der Waals surface area contributed by atoms with Crippen molar-refractivity contribution in [3.8, 4) is 17.1 Å². The summed E-state index contributed by atoms with van der Waals surface area (Å²) in [6, 6.07) is 13.6. The number of carbonyl (C=O) groups is 1. The monoisotopic (exact) mass is 388 g/mol. The fourth-order valence-corrected chi connectivity index (χ4v) is 2.94. The van der Waals surface area contributed by atoms with Gasteiger partial charge in [-0.15, -0.1) is 0 Å². The van der Waals surface area contributed by atoms with Gasteiger partial charge in [0.25, 0.3) is 0 Å². The van der Waals surface area contributed by atoms with Crippen molar-refractivity contribution in [1.29, 1.82) is 0 Å². The number of nitrogens with zero attached hydrogens (tertiary/aromatic N) is 5. The lowest BCUT2D eigenvalue weighted by Gasteiger charge is -2.09. The van der Waals surface area contributed by atoms with Gasteiger partial charge in [0.05, 0.1) is 6.20 Å². The normalized spacial score (nSPS) is 10.8. The molecular formula is C21H20N6O2. The average Bonchev–Trinajstić information content (AvgIpc) is 3.46. The zero-order valence-corrected chi connectivity index (χ0v) is 15.7. The van der Waals surface area contributed by atoms with Crippen LogP contribution in [0, 0.1) is 0 Å². The van der Waals surface area contributed by atoms with Crippen molar-refractivity contribution < 1.29 is 9.21 Å². The van der Waals surface area contributed by atoms with Crippen molar-refractivity contribution in [1.82, 2.24) is 30.0 Å². The van der Waals surface area contributed by atoms with Gasteiger partial charge in [-0.25, -0.2) is 19.6 Å². The second-order valence-electron chi connectivity index (χ2n) is 6.44. The summed E-state index contributed by atoms with van der Waals surface area (Å²) in [5.74, 6) is 1.99. The number of pyridine rings is 1. The van der Waals surface area contributed by atoms with Gasteiger partial charge in [-0.3, -0.25) is 4.79 Å². The highest BCUT2D eigenvalue weighted by molar-refractivity contribution is 5.75. The average molecular weight is 388 g/mol. The Morgan fingerprint density at radius 2 is 2.00 bits per heavy atom. The Labute approximate surface area is 167 Å². The van der Waals surface area contributed by atoms with Crippen LogP contribution in [-0.4, -0.2) is 30.6 Å². The van der Waals surface area contributed by atoms with E-state index >= 15 is 0 Å². The molecule has 0 atom stereocenters. The van der Waals surface area contributed by atoms with Crippen molar-refractivity contribution in [2.45, 2.75) is 25.8 Å². The molecule has 8 nitrogen and oxygen atoms in total. The second kappa shape index (κ2) is 8.92. The Kier molecular flexibility index (Phi) is 5.70. The van der Waals surface area contributed by atoms with Crippen molar-refractivity contribution in [2.75, 3.05) is 0 Å². The molecule has 0 radical (unpaired) electrons. The molecular weight excluding hydrogens is 368 g/mol. The first-order valence-electron chi connectivity index (χ1n) is 9.35. The molecule has 1 N–H and O–H groups in total. The van der Waals surface area contributed by atoms with Gasteiger partial charge in [0.15, 0.2) is 17.5 Å². The van der Waals surface area contributed by atoms with Crippen LogP contribution in [0.1, 0.15) is 24.3 Å². The van der Waals surface area contributed by atoms with E-state index in [-0.39, 0.29) is 5.91 Å². The van der Waals surface area contributed by atoms with Crippen molar-refractivity contribution in [3.63, 3.8) is 0 Å². The molecule has 1 amide bonds. The molecule has 0 aliphatic heterocycles. The summed E-state index contributed by atoms with van der Waals surface area (Å²) in [4.78, 5) is 24.8. The van der Waals surface area contributed by atoms with Gasteiger partial charge in [0.2, 0.25) is 5.91 Å². The molecule has 1 aromatic carbocycles. The predicted molar refractivity (Wildman–Crippen MR) is 106 cm³/mol. The van der Waals surface area contributed by atoms with Gasteiger partial charge >= 0.3 is 0 Å². The van der Waals surface area contributed by atoms with Crippen LogP contribution in [0.3, 0.4) is 0 Å². The third-order valence-corrected chi connectivity index (χ3v) is 4.39. The number of hydrogen-bond acceptors (Lipinski definition) is 6. The van der Waals surface area contributed by atoms with Gasteiger partial charge in [0.1, 0.15) is 12.7 Å². The van der Waals surface area contributed by atoms with Crippen LogP contribution in [-0.2, 0) is 17.8 Å². The summed E-state index contributed by atoms with van der Waals surface area (Å²) in [5, 5.41) is 7.02. The fourth-order valence-electron chi connectivity index (χ4n) is 2.94. The van der Waals surface area contributed by atoms with E-state index in [0.717, 1.165) is 16.9 Å². The maximum atomic E-state index is 12.2. The summed E-state index contributed by atoms with van der Waals surface area (Å²) < 4.78 is 7.35. The van der Waals surface area contributed by atoms with E-state index in [9.17, 15) is 4.79 Å². The number of aromatic nitrogens is 5. The van der Waals surface area contributed by atoms with Gasteiger partial charge in [-0.05, 0) is 12.5 Å². The zero-order chi connectivity index (χ0) is 19.9. The molecule has 0 saturated carbocycles. The van der Waals surface area contributed by atoms with Crippen LogP contribution in [0.4, 0.5) is 0 Å². The number of amides is 1. The quantitative estimate of drug-likeness (QED) is 0.498. The molecule has 8 heteroatoms. The maximum absolute atomic E-state index is 12.2. The van der Waals surface area contributed by atoms with Gasteiger partial charge < -0.3 is 9.73 Å². The lowest BCUT2D eigenvalue weighted by atomic mass is 10.2. The number of benzene rings is 1. The van der Waals surface area contributed by atoms with E-state index < -0.39 is 0 Å². The molecule has 0 aliphatic rings. The SMILES string of the molecule is O=C(CCCc1ncc(-c2ccccc2)o1)NCc1cccnc1-n1cncn1. The molecule has 0 fully saturated rings. The second-order valence-corrected chi connectivity index (χ2v) is 6.44. The highest BCUT2D eigenvalue weighted by atomic mass is 16.4. The molecule has 3 aromatic heterocycles. The molecule has 146 valence electrons. The van der Waals surface area contributed by atoms with E-state index in [1.807, 2.05) is 42.5 Å². The Balaban J connectivity index is 1.26. The minimum atomic E-state index is -0.0340. The van der Waals surface area contributed by atoms with Crippen molar-refractivity contribution in [3.05, 3.63) is 79.0 Å². The smallest absolute Gasteiger partial charge is 0.220 e. The van der Waals surface area contributed by atoms with Crippen LogP contribution in [0.5, 0.6) is 0 Å². The third kappa shape index (κ3) is 4.73. The number of oxazole rings is 1. The number of nitrogens with one attached hydrogen (secondary N) is 1. The number of aryl methyl sites for hydroxylation is 1. The predicted octanol–water partition coefficient (Wildman–Crippen LogP) is 2.96. The third-order valence-electron chi connectivity index (χ3n) is 4.39. The lowest BCUT2D eigenvalue weighted by Crippen LogP contribution is -2.23. The molecule has 0 aliphatic carbocycles. The first-order chi connectivity index (χ1) is 14.3. The first-order valence-corrected chi connectivity index (χ1v) is 9.35. The number of carbonyl (C=O) groups excluding carboxylic acids is 1. The van der Waals surface area contributed by atoms with E-state index in [2.05, 4.69) is 25.4 Å². The van der Waals surface area contributed by atoms with Crippen molar-refractivity contribution in [2.24, 2.45) is 0 Å². The lowest BCUT2D eigenvalue weighted by molar-refractivity contribution is -0.121. The number of rotatable bonds is 8. The largest absolute Gasteiger partial charge is 0.441 e. The fraction of sp³-hybridized carbons (Fsp3) is 0.190. The van der Waals surface area contributed by atoms with E-state index in [1.54, 1.807) is 23.4 Å². The van der Waals surface area contributed by atoms with E-state index in [4.69, 9.17) is 4.42 Å². The van der Waals surface area contributed by atoms with E-state index in [0.29, 0.717) is 37.5 Å². The molecule has 4 aromatic rings. The highest BCUT2D eigenvalue weighted by Gasteiger charge is 2.10. The minimum absolute atomic E-state index is 0.0340. The van der Waals surface area contributed by atoms with Crippen LogP contribution < -0.4 is 5.32 Å². The van der Waals surface area contributed by atoms with Gasteiger partial charge in [-0.1, -0.05) is 36.4 Å². The summed E-state index contributed by atoms with van der Waals surface area (Å²) in [6.07, 6.45) is 8.08. The Hall–Kier alpha value is -3.81. The highest BCUT2D eigenvalue weighted by Crippen LogP contribution is 2.20. The van der Waals surface area contributed by atoms with Gasteiger partial charge in [-0.2, -0.15) is 5.10 Å². The van der Waals surface area contributed by atoms with Crippen LogP contribution in [0.2, 0.25) is 0 Å². The van der Waals surface area contributed by atoms with Crippen molar-refractivity contribution >= 4 is 5.91 Å². The Bertz CT molecular complexity index is 1060. The molecule has 4 rings (SSSR count). The molecule has 29 heavy (non-hydrogen) atoms. The number of hydrogen-bond donors (Lipinski definition) is 1. The summed E-state index contributed by atoms with van der Waals surface area (Å²) >= 11 is 0. The van der Waals surface area contributed by atoms with Crippen LogP contribution >= 0.6 is 0 Å². The standard InChI is InChI=1S/C21H20N6O2/c28-19(24-12-17-8-5-11-23-21(17)27-15-22-14-26-27)9-4-10-20-25-13-18(29-20)16-6-2-1-3-7-16/h1-3,5-8,11,13-15H,4,9-10,12H2,(H,24,28). The Morgan fingerprint density at radius 3 is 2.83 bits per heavy atom. The molecule has 0 spiro atoms. The topological polar surface area (TPSA) is 98.7 Å². The van der Waals surface area contributed by atoms with Crippen LogP contribution in [0.15, 0.2) is 71.9 Å². The molecule has 0 bridgehead atoms. The maximum Gasteiger partial charge on any atom is 0.220 e. The first kappa shape index (κ1) is 18.5. The molecule has 3 heterocycles. The molecule has 0 saturated heterocycles. The summed E-state index contributed by atoms with van der Waals surface area (Å²) in [5.41, 5.74) is 1.86. The zero-order valence-electron chi connectivity index (χ0n) is 15.7. The Morgan fingerprint density at radius 1 is 1.10 bits per heavy atom. The minimum Gasteiger partial charge on any atom is -0.441 e. The van der Waals surface area contributed by atoms with E-state index in [1.165, 1.54) is 6.33 Å². The van der Waals surface area contributed by atoms with Crippen LogP contribution in [0.25, 0.3) is 17.1 Å².